The molecule has 1 fully saturated rings. The van der Waals surface area contributed by atoms with Crippen molar-refractivity contribution in [3.63, 3.8) is 0 Å². The molecule has 1 aliphatic carbocycles. The van der Waals surface area contributed by atoms with Crippen LogP contribution in [0.3, 0.4) is 0 Å². The summed E-state index contributed by atoms with van der Waals surface area (Å²) < 4.78 is 0. The molecule has 0 aliphatic heterocycles. The maximum Gasteiger partial charge on any atom is 0.226 e. The Morgan fingerprint density at radius 1 is 1.33 bits per heavy atom. The molecule has 0 aromatic heterocycles. The van der Waals surface area contributed by atoms with Crippen LogP contribution in [0.1, 0.15) is 65.7 Å². The van der Waals surface area contributed by atoms with Crippen LogP contribution in [0.15, 0.2) is 0 Å². The zero-order valence-electron chi connectivity index (χ0n) is 12.3. The predicted octanol–water partition coefficient (Wildman–Crippen LogP) is 2.84. The largest absolute Gasteiger partial charge is 0.354 e. The zero-order chi connectivity index (χ0) is 13.6. The molecule has 3 nitrogen and oxygen atoms in total. The second kappa shape index (κ2) is 7.13. The zero-order valence-corrected chi connectivity index (χ0v) is 12.3. The molecular formula is C15H30N2O. The van der Waals surface area contributed by atoms with Gasteiger partial charge in [0.2, 0.25) is 5.91 Å². The minimum Gasteiger partial charge on any atom is -0.354 e. The van der Waals surface area contributed by atoms with Crippen molar-refractivity contribution in [2.45, 2.75) is 71.8 Å². The van der Waals surface area contributed by atoms with Crippen molar-refractivity contribution in [2.24, 2.45) is 17.1 Å². The number of nitrogens with two attached hydrogens (primary N) is 1. The molecule has 0 heterocycles. The maximum absolute atomic E-state index is 12.4. The van der Waals surface area contributed by atoms with Gasteiger partial charge in [0.25, 0.3) is 0 Å². The van der Waals surface area contributed by atoms with Crippen molar-refractivity contribution in [3.8, 4) is 0 Å². The number of rotatable bonds is 7. The summed E-state index contributed by atoms with van der Waals surface area (Å²) in [5.74, 6) is 0.832. The van der Waals surface area contributed by atoms with Crippen LogP contribution in [0.2, 0.25) is 0 Å². The van der Waals surface area contributed by atoms with E-state index >= 15 is 0 Å². The highest BCUT2D eigenvalue weighted by atomic mass is 16.2. The molecule has 0 saturated heterocycles. The summed E-state index contributed by atoms with van der Waals surface area (Å²) in [6, 6.07) is 0.108. The van der Waals surface area contributed by atoms with Gasteiger partial charge in [0.05, 0.1) is 0 Å². The van der Waals surface area contributed by atoms with Gasteiger partial charge >= 0.3 is 0 Å². The Hall–Kier alpha value is -0.570. The molecule has 1 rings (SSSR count). The van der Waals surface area contributed by atoms with E-state index in [2.05, 4.69) is 26.1 Å². The van der Waals surface area contributed by atoms with E-state index in [-0.39, 0.29) is 17.4 Å². The quantitative estimate of drug-likeness (QED) is 0.734. The number of hydrogen-bond acceptors (Lipinski definition) is 2. The lowest BCUT2D eigenvalue weighted by molar-refractivity contribution is -0.131. The van der Waals surface area contributed by atoms with Gasteiger partial charge in [-0.3, -0.25) is 4.79 Å². The van der Waals surface area contributed by atoms with Crippen molar-refractivity contribution >= 4 is 5.91 Å². The number of hydrogen-bond donors (Lipinski definition) is 2. The molecule has 1 saturated carbocycles. The Bertz CT molecular complexity index is 257. The Kier molecular flexibility index (Phi) is 6.13. The minimum absolute atomic E-state index is 0.0971. The van der Waals surface area contributed by atoms with Gasteiger partial charge in [-0.2, -0.15) is 0 Å². The first-order chi connectivity index (χ1) is 8.50. The fourth-order valence-corrected chi connectivity index (χ4v) is 3.24. The Labute approximate surface area is 112 Å². The first-order valence-corrected chi connectivity index (χ1v) is 7.54. The molecule has 106 valence electrons. The molecular weight excluding hydrogens is 224 g/mol. The van der Waals surface area contributed by atoms with Gasteiger partial charge in [-0.1, -0.05) is 40.0 Å². The van der Waals surface area contributed by atoms with Crippen LogP contribution >= 0.6 is 0 Å². The topological polar surface area (TPSA) is 55.1 Å². The molecule has 0 aromatic rings. The summed E-state index contributed by atoms with van der Waals surface area (Å²) in [4.78, 5) is 12.4. The lowest BCUT2D eigenvalue weighted by Crippen LogP contribution is -2.45. The number of amides is 1. The van der Waals surface area contributed by atoms with Crippen molar-refractivity contribution < 1.29 is 4.79 Å². The summed E-state index contributed by atoms with van der Waals surface area (Å²) in [7, 11) is 0. The van der Waals surface area contributed by atoms with E-state index < -0.39 is 0 Å². The number of carbonyl (C=O) groups is 1. The highest BCUT2D eigenvalue weighted by molar-refractivity contribution is 5.82. The van der Waals surface area contributed by atoms with Crippen LogP contribution in [-0.4, -0.2) is 18.5 Å². The van der Waals surface area contributed by atoms with E-state index in [1.165, 1.54) is 12.8 Å². The third-order valence-electron chi connectivity index (χ3n) is 4.03. The summed E-state index contributed by atoms with van der Waals surface area (Å²) in [5, 5.41) is 3.09. The molecule has 1 unspecified atom stereocenters. The predicted molar refractivity (Wildman–Crippen MR) is 76.2 cm³/mol. The fourth-order valence-electron chi connectivity index (χ4n) is 3.24. The van der Waals surface area contributed by atoms with Crippen LogP contribution in [0.5, 0.6) is 0 Å². The molecule has 1 amide bonds. The summed E-state index contributed by atoms with van der Waals surface area (Å²) >= 11 is 0. The molecule has 0 aromatic carbocycles. The SMILES string of the molecule is CCCC(N)CNC(=O)C1(CC(C)C)CCCC1. The van der Waals surface area contributed by atoms with E-state index in [9.17, 15) is 4.79 Å². The third kappa shape index (κ3) is 4.27. The molecule has 0 bridgehead atoms. The second-order valence-corrected chi connectivity index (χ2v) is 6.34. The minimum atomic E-state index is -0.0971. The second-order valence-electron chi connectivity index (χ2n) is 6.34. The smallest absolute Gasteiger partial charge is 0.226 e. The Morgan fingerprint density at radius 3 is 2.44 bits per heavy atom. The van der Waals surface area contributed by atoms with Gasteiger partial charge in [-0.15, -0.1) is 0 Å². The van der Waals surface area contributed by atoms with Gasteiger partial charge in [-0.05, 0) is 31.6 Å². The average molecular weight is 254 g/mol. The van der Waals surface area contributed by atoms with Crippen molar-refractivity contribution in [3.05, 3.63) is 0 Å². The molecule has 18 heavy (non-hydrogen) atoms. The fraction of sp³-hybridized carbons (Fsp3) is 0.933. The highest BCUT2D eigenvalue weighted by Gasteiger charge is 2.41. The molecule has 0 radical (unpaired) electrons. The lowest BCUT2D eigenvalue weighted by Gasteiger charge is -2.30. The highest BCUT2D eigenvalue weighted by Crippen LogP contribution is 2.43. The van der Waals surface area contributed by atoms with E-state index in [1.807, 2.05) is 0 Å². The molecule has 3 N–H and O–H groups in total. The summed E-state index contributed by atoms with van der Waals surface area (Å²) in [5.41, 5.74) is 5.86. The van der Waals surface area contributed by atoms with Crippen LogP contribution in [0.25, 0.3) is 0 Å². The van der Waals surface area contributed by atoms with Gasteiger partial charge in [0.1, 0.15) is 0 Å². The van der Waals surface area contributed by atoms with Gasteiger partial charge in [0.15, 0.2) is 0 Å². The van der Waals surface area contributed by atoms with E-state index in [1.54, 1.807) is 0 Å². The van der Waals surface area contributed by atoms with Crippen LogP contribution in [0, 0.1) is 11.3 Å². The van der Waals surface area contributed by atoms with Gasteiger partial charge < -0.3 is 11.1 Å². The van der Waals surface area contributed by atoms with Gasteiger partial charge in [0, 0.05) is 18.0 Å². The van der Waals surface area contributed by atoms with Crippen molar-refractivity contribution in [1.29, 1.82) is 0 Å². The van der Waals surface area contributed by atoms with Crippen molar-refractivity contribution in [2.75, 3.05) is 6.54 Å². The summed E-state index contributed by atoms with van der Waals surface area (Å²) in [6.45, 7) is 7.16. The van der Waals surface area contributed by atoms with Crippen molar-refractivity contribution in [1.82, 2.24) is 5.32 Å². The van der Waals surface area contributed by atoms with E-state index in [4.69, 9.17) is 5.73 Å². The molecule has 1 atom stereocenters. The third-order valence-corrected chi connectivity index (χ3v) is 4.03. The van der Waals surface area contributed by atoms with Crippen LogP contribution < -0.4 is 11.1 Å². The first kappa shape index (κ1) is 15.5. The van der Waals surface area contributed by atoms with Crippen LogP contribution in [0.4, 0.5) is 0 Å². The average Bonchev–Trinajstić information content (AvgIpc) is 2.75. The van der Waals surface area contributed by atoms with Gasteiger partial charge in [-0.25, -0.2) is 0 Å². The number of carbonyl (C=O) groups excluding carboxylic acids is 1. The lowest BCUT2D eigenvalue weighted by atomic mass is 9.77. The van der Waals surface area contributed by atoms with Crippen LogP contribution in [-0.2, 0) is 4.79 Å². The van der Waals surface area contributed by atoms with E-state index in [0.717, 1.165) is 32.1 Å². The summed E-state index contributed by atoms with van der Waals surface area (Å²) in [6.07, 6.45) is 7.58. The molecule has 1 aliphatic rings. The Morgan fingerprint density at radius 2 is 1.94 bits per heavy atom. The first-order valence-electron chi connectivity index (χ1n) is 7.54. The molecule has 0 spiro atoms. The number of nitrogens with one attached hydrogen (secondary N) is 1. The maximum atomic E-state index is 12.4. The normalized spacial score (nSPS) is 20.1. The standard InChI is InChI=1S/C15H30N2O/c1-4-7-13(16)11-17-14(18)15(10-12(2)3)8-5-6-9-15/h12-13H,4-11,16H2,1-3H3,(H,17,18). The Balaban J connectivity index is 2.50. The molecule has 3 heteroatoms. The monoisotopic (exact) mass is 254 g/mol. The van der Waals surface area contributed by atoms with E-state index in [0.29, 0.717) is 12.5 Å².